The first-order valence-corrected chi connectivity index (χ1v) is 6.73. The summed E-state index contributed by atoms with van der Waals surface area (Å²) in [5.41, 5.74) is 0.277. The summed E-state index contributed by atoms with van der Waals surface area (Å²) in [6.07, 6.45) is 1.38. The van der Waals surface area contributed by atoms with Crippen LogP contribution in [0.5, 0.6) is 0 Å². The van der Waals surface area contributed by atoms with E-state index >= 15 is 0 Å². The standard InChI is InChI=1S/C16H24N2O2/c1-15(2,3)18-14(19)20-12-16(4,5)17-11-13-9-7-6-8-10-13/h6-11H,12H2,1-5H3,(H,18,19). The molecular weight excluding hydrogens is 252 g/mol. The summed E-state index contributed by atoms with van der Waals surface area (Å²) in [5, 5.41) is 2.75. The molecule has 0 aliphatic carbocycles. The van der Waals surface area contributed by atoms with Crippen LogP contribution in [-0.4, -0.2) is 30.0 Å². The lowest BCUT2D eigenvalue weighted by Gasteiger charge is -2.23. The molecule has 1 rings (SSSR count). The number of carbonyl (C=O) groups is 1. The van der Waals surface area contributed by atoms with Gasteiger partial charge in [0.25, 0.3) is 0 Å². The average molecular weight is 276 g/mol. The molecular formula is C16H24N2O2. The topological polar surface area (TPSA) is 50.7 Å². The van der Waals surface area contributed by atoms with E-state index in [1.54, 1.807) is 6.21 Å². The second kappa shape index (κ2) is 6.55. The SMILES string of the molecule is CC(C)(COC(=O)NC(C)(C)C)N=Cc1ccccc1. The predicted octanol–water partition coefficient (Wildman–Crippen LogP) is 3.41. The summed E-state index contributed by atoms with van der Waals surface area (Å²) in [6.45, 7) is 9.82. The van der Waals surface area contributed by atoms with Crippen molar-refractivity contribution < 1.29 is 9.53 Å². The fourth-order valence-electron chi connectivity index (χ4n) is 1.41. The Balaban J connectivity index is 2.49. The fourth-order valence-corrected chi connectivity index (χ4v) is 1.41. The molecule has 0 atom stereocenters. The summed E-state index contributed by atoms with van der Waals surface area (Å²) in [7, 11) is 0. The van der Waals surface area contributed by atoms with Crippen molar-refractivity contribution in [2.24, 2.45) is 4.99 Å². The summed E-state index contributed by atoms with van der Waals surface area (Å²) in [4.78, 5) is 16.1. The third-order valence-corrected chi connectivity index (χ3v) is 2.40. The normalized spacial score (nSPS) is 12.4. The molecule has 4 heteroatoms. The highest BCUT2D eigenvalue weighted by molar-refractivity contribution is 5.79. The van der Waals surface area contributed by atoms with Crippen LogP contribution in [0.1, 0.15) is 40.2 Å². The van der Waals surface area contributed by atoms with Gasteiger partial charge in [0.05, 0.1) is 5.54 Å². The van der Waals surface area contributed by atoms with Gasteiger partial charge >= 0.3 is 6.09 Å². The van der Waals surface area contributed by atoms with Crippen LogP contribution in [-0.2, 0) is 4.74 Å². The third kappa shape index (κ3) is 6.92. The number of alkyl carbamates (subject to hydrolysis) is 1. The quantitative estimate of drug-likeness (QED) is 0.857. The van der Waals surface area contributed by atoms with Gasteiger partial charge in [-0.25, -0.2) is 4.79 Å². The smallest absolute Gasteiger partial charge is 0.407 e. The second-order valence-corrected chi connectivity index (χ2v) is 6.43. The zero-order chi connectivity index (χ0) is 15.2. The van der Waals surface area contributed by atoms with Gasteiger partial charge in [0.1, 0.15) is 6.61 Å². The number of ether oxygens (including phenoxy) is 1. The molecule has 0 bridgehead atoms. The molecule has 110 valence electrons. The van der Waals surface area contributed by atoms with Crippen LogP contribution < -0.4 is 5.32 Å². The van der Waals surface area contributed by atoms with E-state index in [4.69, 9.17) is 4.74 Å². The zero-order valence-corrected chi connectivity index (χ0v) is 12.9. The molecule has 0 fully saturated rings. The Kier molecular flexibility index (Phi) is 5.31. The maximum Gasteiger partial charge on any atom is 0.407 e. The first-order valence-electron chi connectivity index (χ1n) is 6.73. The number of hydrogen-bond donors (Lipinski definition) is 1. The van der Waals surface area contributed by atoms with E-state index in [9.17, 15) is 4.79 Å². The van der Waals surface area contributed by atoms with Gasteiger partial charge in [-0.05, 0) is 40.2 Å². The minimum atomic E-state index is -0.453. The van der Waals surface area contributed by atoms with Crippen LogP contribution >= 0.6 is 0 Å². The lowest BCUT2D eigenvalue weighted by atomic mass is 10.1. The van der Waals surface area contributed by atoms with Crippen molar-refractivity contribution in [1.29, 1.82) is 0 Å². The average Bonchev–Trinajstić information content (AvgIpc) is 2.34. The van der Waals surface area contributed by atoms with Crippen molar-refractivity contribution in [3.63, 3.8) is 0 Å². The van der Waals surface area contributed by atoms with Crippen molar-refractivity contribution in [3.05, 3.63) is 35.9 Å². The predicted molar refractivity (Wildman–Crippen MR) is 82.4 cm³/mol. The highest BCUT2D eigenvalue weighted by Gasteiger charge is 2.20. The largest absolute Gasteiger partial charge is 0.447 e. The molecule has 0 heterocycles. The van der Waals surface area contributed by atoms with Crippen molar-refractivity contribution in [2.45, 2.75) is 45.7 Å². The molecule has 0 saturated carbocycles. The van der Waals surface area contributed by atoms with Crippen LogP contribution in [0.2, 0.25) is 0 Å². The van der Waals surface area contributed by atoms with Gasteiger partial charge in [-0.15, -0.1) is 0 Å². The molecule has 20 heavy (non-hydrogen) atoms. The van der Waals surface area contributed by atoms with Crippen LogP contribution in [0.3, 0.4) is 0 Å². The Labute approximate surface area is 121 Å². The van der Waals surface area contributed by atoms with Gasteiger partial charge in [-0.2, -0.15) is 0 Å². The second-order valence-electron chi connectivity index (χ2n) is 6.43. The van der Waals surface area contributed by atoms with E-state index in [-0.39, 0.29) is 12.1 Å². The lowest BCUT2D eigenvalue weighted by Crippen LogP contribution is -2.42. The maximum absolute atomic E-state index is 11.6. The van der Waals surface area contributed by atoms with E-state index in [1.165, 1.54) is 0 Å². The molecule has 0 aliphatic heterocycles. The number of nitrogens with zero attached hydrogens (tertiary/aromatic N) is 1. The number of benzene rings is 1. The van der Waals surface area contributed by atoms with E-state index in [2.05, 4.69) is 10.3 Å². The summed E-state index contributed by atoms with van der Waals surface area (Å²) < 4.78 is 5.21. The number of amides is 1. The molecule has 0 radical (unpaired) electrons. The van der Waals surface area contributed by atoms with E-state index in [1.807, 2.05) is 65.0 Å². The highest BCUT2D eigenvalue weighted by atomic mass is 16.5. The first-order chi connectivity index (χ1) is 9.18. The van der Waals surface area contributed by atoms with Gasteiger partial charge in [-0.1, -0.05) is 30.3 Å². The molecule has 0 spiro atoms. The van der Waals surface area contributed by atoms with Crippen LogP contribution in [0.25, 0.3) is 0 Å². The minimum Gasteiger partial charge on any atom is -0.447 e. The third-order valence-electron chi connectivity index (χ3n) is 2.40. The number of carbonyl (C=O) groups excluding carboxylic acids is 1. The number of aliphatic imine (C=N–C) groups is 1. The number of nitrogens with one attached hydrogen (secondary N) is 1. The molecule has 4 nitrogen and oxygen atoms in total. The Morgan fingerprint density at radius 1 is 1.20 bits per heavy atom. The summed E-state index contributed by atoms with van der Waals surface area (Å²) in [5.74, 6) is 0. The zero-order valence-electron chi connectivity index (χ0n) is 12.9. The van der Waals surface area contributed by atoms with Crippen molar-refractivity contribution in [1.82, 2.24) is 5.32 Å². The van der Waals surface area contributed by atoms with Crippen LogP contribution in [0.4, 0.5) is 4.79 Å². The van der Waals surface area contributed by atoms with Gasteiger partial charge in [0.2, 0.25) is 0 Å². The summed E-state index contributed by atoms with van der Waals surface area (Å²) in [6, 6.07) is 9.84. The maximum atomic E-state index is 11.6. The van der Waals surface area contributed by atoms with Gasteiger partial charge in [0, 0.05) is 11.8 Å². The molecule has 0 aliphatic rings. The minimum absolute atomic E-state index is 0.234. The van der Waals surface area contributed by atoms with Crippen LogP contribution in [0, 0.1) is 0 Å². The number of rotatable bonds is 4. The number of hydrogen-bond acceptors (Lipinski definition) is 3. The van der Waals surface area contributed by atoms with Gasteiger partial charge in [-0.3, -0.25) is 4.99 Å². The van der Waals surface area contributed by atoms with Crippen molar-refractivity contribution in [3.8, 4) is 0 Å². The molecule has 1 amide bonds. The van der Waals surface area contributed by atoms with Crippen molar-refractivity contribution in [2.75, 3.05) is 6.61 Å². The van der Waals surface area contributed by atoms with E-state index in [0.29, 0.717) is 0 Å². The molecule has 0 aromatic heterocycles. The summed E-state index contributed by atoms with van der Waals surface area (Å²) >= 11 is 0. The van der Waals surface area contributed by atoms with Crippen LogP contribution in [0.15, 0.2) is 35.3 Å². The molecule has 1 aromatic rings. The van der Waals surface area contributed by atoms with E-state index < -0.39 is 11.6 Å². The lowest BCUT2D eigenvalue weighted by molar-refractivity contribution is 0.118. The van der Waals surface area contributed by atoms with Gasteiger partial charge < -0.3 is 10.1 Å². The fraction of sp³-hybridized carbons (Fsp3) is 0.500. The van der Waals surface area contributed by atoms with E-state index in [0.717, 1.165) is 5.56 Å². The Hall–Kier alpha value is -1.84. The molecule has 1 aromatic carbocycles. The Bertz CT molecular complexity index is 459. The van der Waals surface area contributed by atoms with Gasteiger partial charge in [0.15, 0.2) is 0 Å². The highest BCUT2D eigenvalue weighted by Crippen LogP contribution is 2.10. The molecule has 1 N–H and O–H groups in total. The Morgan fingerprint density at radius 2 is 1.80 bits per heavy atom. The first kappa shape index (κ1) is 16.2. The monoisotopic (exact) mass is 276 g/mol. The molecule has 0 unspecified atom stereocenters. The Morgan fingerprint density at radius 3 is 2.35 bits per heavy atom. The van der Waals surface area contributed by atoms with Crippen molar-refractivity contribution >= 4 is 12.3 Å². The molecule has 0 saturated heterocycles.